The lowest BCUT2D eigenvalue weighted by Gasteiger charge is -2.58. The van der Waals surface area contributed by atoms with Crippen LogP contribution in [0.15, 0.2) is 0 Å². The smallest absolute Gasteiger partial charge is 0.309 e. The number of carboxylic acids is 1. The zero-order valence-electron chi connectivity index (χ0n) is 8.20. The lowest BCUT2D eigenvalue weighted by atomic mass is 9.48. The number of carbonyl (C=O) groups is 1. The van der Waals surface area contributed by atoms with Gasteiger partial charge in [-0.2, -0.15) is 0 Å². The molecule has 4 atom stereocenters. The predicted octanol–water partition coefficient (Wildman–Crippen LogP) is 1.40. The predicted molar refractivity (Wildman–Crippen MR) is 49.7 cm³/mol. The molecule has 4 rings (SSSR count). The van der Waals surface area contributed by atoms with Crippen LogP contribution in [0, 0.1) is 17.3 Å². The second-order valence-electron chi connectivity index (χ2n) is 5.77. The third kappa shape index (κ3) is 0.991. The Morgan fingerprint density at radius 3 is 2.14 bits per heavy atom. The Kier molecular flexibility index (Phi) is 1.45. The van der Waals surface area contributed by atoms with Crippen molar-refractivity contribution in [2.24, 2.45) is 17.3 Å². The highest BCUT2D eigenvalue weighted by molar-refractivity contribution is 5.75. The van der Waals surface area contributed by atoms with Crippen molar-refractivity contribution in [3.8, 4) is 0 Å². The Hall–Kier alpha value is -0.570. The van der Waals surface area contributed by atoms with Crippen molar-refractivity contribution in [2.45, 2.75) is 44.1 Å². The van der Waals surface area contributed by atoms with Gasteiger partial charge in [0.15, 0.2) is 0 Å². The molecule has 0 radical (unpaired) electrons. The highest BCUT2D eigenvalue weighted by atomic mass is 16.4. The fraction of sp³-hybridized carbons (Fsp3) is 0.909. The van der Waals surface area contributed by atoms with Crippen LogP contribution in [0.25, 0.3) is 0 Å². The van der Waals surface area contributed by atoms with Gasteiger partial charge in [-0.1, -0.05) is 0 Å². The zero-order chi connectivity index (χ0) is 9.97. The van der Waals surface area contributed by atoms with E-state index in [4.69, 9.17) is 0 Å². The summed E-state index contributed by atoms with van der Waals surface area (Å²) in [5.74, 6) is 0.264. The summed E-state index contributed by atoms with van der Waals surface area (Å²) in [5.41, 5.74) is -1.21. The maximum absolute atomic E-state index is 11.3. The number of aliphatic carboxylic acids is 1. The lowest BCUT2D eigenvalue weighted by Crippen LogP contribution is -2.58. The molecule has 0 aromatic carbocycles. The SMILES string of the molecule is O=C(O)[C@@]12C[C@@H]3C[C@@H](C[C@@](O)(C3)C1)C2. The van der Waals surface area contributed by atoms with Crippen LogP contribution in [0.4, 0.5) is 0 Å². The molecule has 4 fully saturated rings. The maximum atomic E-state index is 11.3. The lowest BCUT2D eigenvalue weighted by molar-refractivity contribution is -0.191. The summed E-state index contributed by atoms with van der Waals surface area (Å²) in [7, 11) is 0. The minimum Gasteiger partial charge on any atom is -0.481 e. The van der Waals surface area contributed by atoms with E-state index in [9.17, 15) is 15.0 Å². The van der Waals surface area contributed by atoms with Crippen molar-refractivity contribution in [1.82, 2.24) is 0 Å². The second kappa shape index (κ2) is 2.32. The number of carboxylic acid groups (broad SMARTS) is 1. The van der Waals surface area contributed by atoms with Crippen molar-refractivity contribution >= 4 is 5.97 Å². The first-order valence-corrected chi connectivity index (χ1v) is 5.47. The van der Waals surface area contributed by atoms with E-state index in [0.29, 0.717) is 18.3 Å². The summed E-state index contributed by atoms with van der Waals surface area (Å²) in [4.78, 5) is 11.3. The Morgan fingerprint density at radius 1 is 1.14 bits per heavy atom. The highest BCUT2D eigenvalue weighted by Gasteiger charge is 2.60. The summed E-state index contributed by atoms with van der Waals surface area (Å²) in [6.45, 7) is 0. The number of aliphatic hydroxyl groups is 1. The minimum absolute atomic E-state index is 0.470. The van der Waals surface area contributed by atoms with Gasteiger partial charge in [0, 0.05) is 0 Å². The minimum atomic E-state index is -0.676. The van der Waals surface area contributed by atoms with E-state index in [1.165, 1.54) is 0 Å². The first-order chi connectivity index (χ1) is 6.51. The van der Waals surface area contributed by atoms with E-state index < -0.39 is 17.0 Å². The van der Waals surface area contributed by atoms with Crippen LogP contribution in [-0.4, -0.2) is 21.8 Å². The number of hydrogen-bond acceptors (Lipinski definition) is 2. The third-order valence-electron chi connectivity index (χ3n) is 4.48. The van der Waals surface area contributed by atoms with Crippen LogP contribution in [0.5, 0.6) is 0 Å². The molecule has 4 bridgehead atoms. The van der Waals surface area contributed by atoms with Crippen molar-refractivity contribution in [2.75, 3.05) is 0 Å². The molecule has 0 amide bonds. The molecular formula is C11H16O3. The van der Waals surface area contributed by atoms with Gasteiger partial charge in [-0.3, -0.25) is 4.79 Å². The van der Waals surface area contributed by atoms with Gasteiger partial charge in [0.2, 0.25) is 0 Å². The van der Waals surface area contributed by atoms with Gasteiger partial charge in [0.1, 0.15) is 0 Å². The average Bonchev–Trinajstić information content (AvgIpc) is 1.98. The molecule has 0 spiro atoms. The van der Waals surface area contributed by atoms with Gasteiger partial charge < -0.3 is 10.2 Å². The molecule has 3 heteroatoms. The normalized spacial score (nSPS) is 54.9. The first kappa shape index (κ1) is 8.72. The summed E-state index contributed by atoms with van der Waals surface area (Å²) in [6.07, 6.45) is 4.96. The van der Waals surface area contributed by atoms with Crippen molar-refractivity contribution in [1.29, 1.82) is 0 Å². The van der Waals surface area contributed by atoms with E-state index >= 15 is 0 Å². The summed E-state index contributed by atoms with van der Waals surface area (Å²) >= 11 is 0. The van der Waals surface area contributed by atoms with Crippen molar-refractivity contribution < 1.29 is 15.0 Å². The molecule has 0 aromatic heterocycles. The molecule has 4 aliphatic rings. The molecule has 2 N–H and O–H groups in total. The first-order valence-electron chi connectivity index (χ1n) is 5.47. The Morgan fingerprint density at radius 2 is 1.71 bits per heavy atom. The Balaban J connectivity index is 2.00. The molecule has 78 valence electrons. The van der Waals surface area contributed by atoms with E-state index in [1.54, 1.807) is 0 Å². The number of rotatable bonds is 1. The molecule has 0 aromatic rings. The zero-order valence-corrected chi connectivity index (χ0v) is 8.20. The molecule has 14 heavy (non-hydrogen) atoms. The van der Waals surface area contributed by atoms with Crippen LogP contribution in [0.1, 0.15) is 38.5 Å². The van der Waals surface area contributed by atoms with Crippen molar-refractivity contribution in [3.05, 3.63) is 0 Å². The van der Waals surface area contributed by atoms with Crippen LogP contribution in [0.3, 0.4) is 0 Å². The Bertz CT molecular complexity index is 283. The van der Waals surface area contributed by atoms with Crippen LogP contribution >= 0.6 is 0 Å². The van der Waals surface area contributed by atoms with Crippen molar-refractivity contribution in [3.63, 3.8) is 0 Å². The van der Waals surface area contributed by atoms with Gasteiger partial charge in [0.25, 0.3) is 0 Å². The van der Waals surface area contributed by atoms with Gasteiger partial charge in [0.05, 0.1) is 11.0 Å². The maximum Gasteiger partial charge on any atom is 0.309 e. The van der Waals surface area contributed by atoms with E-state index in [-0.39, 0.29) is 0 Å². The monoisotopic (exact) mass is 196 g/mol. The standard InChI is InChI=1S/C11H16O3/c12-9(13)10-2-7-1-8(3-10)5-11(14,4-7)6-10/h7-8,14H,1-6H2,(H,12,13)/t7-,8+,10+,11-. The molecule has 0 aliphatic heterocycles. The molecule has 0 heterocycles. The van der Waals surface area contributed by atoms with E-state index in [1.807, 2.05) is 0 Å². The van der Waals surface area contributed by atoms with E-state index in [0.717, 1.165) is 32.1 Å². The average molecular weight is 196 g/mol. The molecule has 0 saturated heterocycles. The second-order valence-corrected chi connectivity index (χ2v) is 5.77. The van der Waals surface area contributed by atoms with Gasteiger partial charge in [-0.15, -0.1) is 0 Å². The largest absolute Gasteiger partial charge is 0.481 e. The molecule has 4 aliphatic carbocycles. The van der Waals surface area contributed by atoms with Crippen LogP contribution < -0.4 is 0 Å². The van der Waals surface area contributed by atoms with Crippen LogP contribution in [-0.2, 0) is 4.79 Å². The third-order valence-corrected chi connectivity index (χ3v) is 4.48. The quantitative estimate of drug-likeness (QED) is 0.666. The van der Waals surface area contributed by atoms with Gasteiger partial charge >= 0.3 is 5.97 Å². The van der Waals surface area contributed by atoms with Crippen LogP contribution in [0.2, 0.25) is 0 Å². The topological polar surface area (TPSA) is 57.5 Å². The fourth-order valence-electron chi connectivity index (χ4n) is 4.46. The highest BCUT2D eigenvalue weighted by Crippen LogP contribution is 2.61. The molecule has 3 nitrogen and oxygen atoms in total. The summed E-state index contributed by atoms with van der Waals surface area (Å²) < 4.78 is 0. The van der Waals surface area contributed by atoms with Gasteiger partial charge in [-0.25, -0.2) is 0 Å². The fourth-order valence-corrected chi connectivity index (χ4v) is 4.46. The number of hydrogen-bond donors (Lipinski definition) is 2. The summed E-state index contributed by atoms with van der Waals surface area (Å²) in [6, 6.07) is 0. The van der Waals surface area contributed by atoms with Gasteiger partial charge in [-0.05, 0) is 50.4 Å². The summed E-state index contributed by atoms with van der Waals surface area (Å²) in [5, 5.41) is 19.5. The molecule has 0 unspecified atom stereocenters. The molecule has 4 saturated carbocycles. The van der Waals surface area contributed by atoms with E-state index in [2.05, 4.69) is 0 Å². The Labute approximate surface area is 83.1 Å². The molecular weight excluding hydrogens is 180 g/mol.